The molecule has 1 aromatic carbocycles. The smallest absolute Gasteiger partial charge is 0.0191 e. The van der Waals surface area contributed by atoms with Gasteiger partial charge in [0.05, 0.1) is 0 Å². The van der Waals surface area contributed by atoms with E-state index in [2.05, 4.69) is 64.2 Å². The van der Waals surface area contributed by atoms with E-state index in [1.807, 2.05) is 11.8 Å². The largest absolute Gasteiger partial charge is 0.316 e. The van der Waals surface area contributed by atoms with Crippen molar-refractivity contribution in [1.29, 1.82) is 0 Å². The minimum Gasteiger partial charge on any atom is -0.316 e. The van der Waals surface area contributed by atoms with E-state index >= 15 is 0 Å². The van der Waals surface area contributed by atoms with E-state index < -0.39 is 0 Å². The Bertz CT molecular complexity index is 324. The van der Waals surface area contributed by atoms with Gasteiger partial charge in [0.2, 0.25) is 0 Å². The summed E-state index contributed by atoms with van der Waals surface area (Å²) in [4.78, 5) is 1.36. The van der Waals surface area contributed by atoms with Crippen molar-refractivity contribution in [3.8, 4) is 0 Å². The molecule has 0 bridgehead atoms. The van der Waals surface area contributed by atoms with Crippen molar-refractivity contribution in [2.24, 2.45) is 0 Å². The maximum absolute atomic E-state index is 3.38. The van der Waals surface area contributed by atoms with Crippen molar-refractivity contribution in [1.82, 2.24) is 5.32 Å². The van der Waals surface area contributed by atoms with Gasteiger partial charge in [0.25, 0.3) is 0 Å². The number of hydrogen-bond donors (Lipinski definition) is 1. The lowest BCUT2D eigenvalue weighted by molar-refractivity contribution is 0.589. The summed E-state index contributed by atoms with van der Waals surface area (Å²) in [6.45, 7) is 13.3. The fourth-order valence-corrected chi connectivity index (χ4v) is 2.61. The molecule has 0 amide bonds. The second-order valence-electron chi connectivity index (χ2n) is 5.51. The first kappa shape index (κ1) is 14.6. The van der Waals surface area contributed by atoms with E-state index in [1.165, 1.54) is 10.5 Å². The van der Waals surface area contributed by atoms with E-state index in [9.17, 15) is 0 Å². The maximum Gasteiger partial charge on any atom is 0.0191 e. The molecule has 96 valence electrons. The Kier molecular flexibility index (Phi) is 5.54. The Morgan fingerprint density at radius 2 is 1.76 bits per heavy atom. The summed E-state index contributed by atoms with van der Waals surface area (Å²) in [7, 11) is 0. The summed E-state index contributed by atoms with van der Waals surface area (Å²) in [5.41, 5.74) is 1.65. The van der Waals surface area contributed by atoms with Crippen LogP contribution in [0.25, 0.3) is 0 Å². The van der Waals surface area contributed by atoms with E-state index in [4.69, 9.17) is 0 Å². The zero-order valence-electron chi connectivity index (χ0n) is 11.7. The van der Waals surface area contributed by atoms with Gasteiger partial charge in [-0.05, 0) is 29.7 Å². The van der Waals surface area contributed by atoms with Gasteiger partial charge in [-0.3, -0.25) is 0 Å². The third kappa shape index (κ3) is 5.13. The van der Waals surface area contributed by atoms with Crippen LogP contribution in [0.5, 0.6) is 0 Å². The number of nitrogens with one attached hydrogen (secondary N) is 1. The molecule has 1 N–H and O–H groups in total. The predicted octanol–water partition coefficient (Wildman–Crippen LogP) is 4.07. The molecule has 1 unspecified atom stereocenters. The van der Waals surface area contributed by atoms with Crippen LogP contribution in [0.4, 0.5) is 0 Å². The third-order valence-electron chi connectivity index (χ3n) is 2.74. The first-order valence-electron chi connectivity index (χ1n) is 6.41. The van der Waals surface area contributed by atoms with Crippen LogP contribution >= 0.6 is 11.8 Å². The number of thioether (sulfide) groups is 1. The zero-order chi connectivity index (χ0) is 12.9. The minimum atomic E-state index is 0.249. The highest BCUT2D eigenvalue weighted by atomic mass is 32.2. The molecular weight excluding hydrogens is 226 g/mol. The normalized spacial score (nSPS) is 13.7. The molecule has 1 aromatic rings. The lowest BCUT2D eigenvalue weighted by Crippen LogP contribution is -2.22. The Hall–Kier alpha value is -0.470. The van der Waals surface area contributed by atoms with E-state index in [0.29, 0.717) is 5.25 Å². The molecule has 0 spiro atoms. The topological polar surface area (TPSA) is 12.0 Å². The molecule has 0 saturated heterocycles. The first-order valence-corrected chi connectivity index (χ1v) is 7.29. The van der Waals surface area contributed by atoms with Gasteiger partial charge in [-0.1, -0.05) is 46.8 Å². The van der Waals surface area contributed by atoms with Gasteiger partial charge < -0.3 is 5.32 Å². The fourth-order valence-electron chi connectivity index (χ4n) is 1.66. The van der Waals surface area contributed by atoms with Crippen molar-refractivity contribution >= 4 is 11.8 Å². The predicted molar refractivity (Wildman–Crippen MR) is 79.0 cm³/mol. The van der Waals surface area contributed by atoms with Crippen LogP contribution in [0.2, 0.25) is 0 Å². The molecular formula is C15H25NS. The fraction of sp³-hybridized carbons (Fsp3) is 0.600. The highest BCUT2D eigenvalue weighted by Gasteiger charge is 2.13. The number of rotatable bonds is 5. The molecule has 0 heterocycles. The second kappa shape index (κ2) is 6.46. The summed E-state index contributed by atoms with van der Waals surface area (Å²) < 4.78 is 0. The van der Waals surface area contributed by atoms with Crippen molar-refractivity contribution in [2.75, 3.05) is 13.1 Å². The van der Waals surface area contributed by atoms with Crippen molar-refractivity contribution < 1.29 is 0 Å². The summed E-state index contributed by atoms with van der Waals surface area (Å²) in [6, 6.07) is 8.99. The Balaban J connectivity index is 2.56. The zero-order valence-corrected chi connectivity index (χ0v) is 12.5. The number of hydrogen-bond acceptors (Lipinski definition) is 2. The van der Waals surface area contributed by atoms with E-state index in [1.54, 1.807) is 0 Å². The number of benzene rings is 1. The lowest BCUT2D eigenvalue weighted by atomic mass is 9.87. The molecule has 0 radical (unpaired) electrons. The standard InChI is InChI=1S/C15H25NS/c1-6-16-11-12(2)17-14-9-7-13(8-10-14)15(3,4)5/h7-10,12,16H,6,11H2,1-5H3. The van der Waals surface area contributed by atoms with Crippen LogP contribution in [0, 0.1) is 0 Å². The lowest BCUT2D eigenvalue weighted by Gasteiger charge is -2.19. The summed E-state index contributed by atoms with van der Waals surface area (Å²) >= 11 is 1.94. The molecule has 1 atom stereocenters. The van der Waals surface area contributed by atoms with Crippen LogP contribution in [0.1, 0.15) is 40.2 Å². The van der Waals surface area contributed by atoms with Crippen molar-refractivity contribution in [3.05, 3.63) is 29.8 Å². The Morgan fingerprint density at radius 3 is 2.24 bits per heavy atom. The van der Waals surface area contributed by atoms with Crippen LogP contribution in [-0.2, 0) is 5.41 Å². The van der Waals surface area contributed by atoms with Gasteiger partial charge in [-0.25, -0.2) is 0 Å². The average Bonchev–Trinajstić information content (AvgIpc) is 2.26. The SMILES string of the molecule is CCNCC(C)Sc1ccc(C(C)(C)C)cc1. The van der Waals surface area contributed by atoms with Crippen LogP contribution in [0.3, 0.4) is 0 Å². The minimum absolute atomic E-state index is 0.249. The molecule has 1 rings (SSSR count). The van der Waals surface area contributed by atoms with Crippen molar-refractivity contribution in [2.45, 2.75) is 50.2 Å². The Morgan fingerprint density at radius 1 is 1.18 bits per heavy atom. The molecule has 2 heteroatoms. The molecule has 0 aromatic heterocycles. The molecule has 17 heavy (non-hydrogen) atoms. The van der Waals surface area contributed by atoms with Gasteiger partial charge >= 0.3 is 0 Å². The average molecular weight is 251 g/mol. The van der Waals surface area contributed by atoms with Crippen LogP contribution in [-0.4, -0.2) is 18.3 Å². The molecule has 0 aliphatic rings. The Labute approximate surface area is 110 Å². The van der Waals surface area contributed by atoms with Crippen molar-refractivity contribution in [3.63, 3.8) is 0 Å². The molecule has 0 aliphatic carbocycles. The van der Waals surface area contributed by atoms with Gasteiger partial charge in [0, 0.05) is 16.7 Å². The highest BCUT2D eigenvalue weighted by molar-refractivity contribution is 8.00. The van der Waals surface area contributed by atoms with E-state index in [-0.39, 0.29) is 5.41 Å². The van der Waals surface area contributed by atoms with Crippen LogP contribution < -0.4 is 5.32 Å². The quantitative estimate of drug-likeness (QED) is 0.792. The molecule has 1 nitrogen and oxygen atoms in total. The second-order valence-corrected chi connectivity index (χ2v) is 7.02. The maximum atomic E-state index is 3.38. The third-order valence-corrected chi connectivity index (χ3v) is 3.85. The first-order chi connectivity index (χ1) is 7.93. The summed E-state index contributed by atoms with van der Waals surface area (Å²) in [5, 5.41) is 4.00. The van der Waals surface area contributed by atoms with Gasteiger partial charge in [0.1, 0.15) is 0 Å². The van der Waals surface area contributed by atoms with Gasteiger partial charge in [0.15, 0.2) is 0 Å². The summed E-state index contributed by atoms with van der Waals surface area (Å²) in [6.07, 6.45) is 0. The highest BCUT2D eigenvalue weighted by Crippen LogP contribution is 2.27. The molecule has 0 saturated carbocycles. The molecule has 0 fully saturated rings. The van der Waals surface area contributed by atoms with E-state index in [0.717, 1.165) is 13.1 Å². The van der Waals surface area contributed by atoms with Gasteiger partial charge in [-0.2, -0.15) is 0 Å². The monoisotopic (exact) mass is 251 g/mol. The summed E-state index contributed by atoms with van der Waals surface area (Å²) in [5.74, 6) is 0. The molecule has 0 aliphatic heterocycles. The van der Waals surface area contributed by atoms with Gasteiger partial charge in [-0.15, -0.1) is 11.8 Å². The van der Waals surface area contributed by atoms with Crippen LogP contribution in [0.15, 0.2) is 29.2 Å².